The van der Waals surface area contributed by atoms with Gasteiger partial charge in [-0.25, -0.2) is 0 Å². The fraction of sp³-hybridized carbons (Fsp3) is 0.903. The van der Waals surface area contributed by atoms with Gasteiger partial charge in [0.15, 0.2) is 0 Å². The number of carbonyl (C=O) groups excluding carboxylic acids is 1. The topological polar surface area (TPSA) is 125 Å². The monoisotopic (exact) mass is 684 g/mol. The normalized spacial score (nSPS) is 44.0. The molecule has 0 aromatic heterocycles. The van der Waals surface area contributed by atoms with Gasteiger partial charge in [0.05, 0.1) is 24.4 Å². The van der Waals surface area contributed by atoms with Crippen molar-refractivity contribution in [2.75, 3.05) is 6.61 Å². The summed E-state index contributed by atoms with van der Waals surface area (Å²) in [4.78, 5) is 42.7. The summed E-state index contributed by atoms with van der Waals surface area (Å²) in [7, 11) is 0. The molecule has 8 nitrogen and oxygen atoms in total. The predicted molar refractivity (Wildman–Crippen MR) is 169 cm³/mol. The summed E-state index contributed by atoms with van der Waals surface area (Å²) >= 11 is 25.6. The van der Waals surface area contributed by atoms with Crippen molar-refractivity contribution >= 4 is 64.2 Å². The lowest BCUT2D eigenvalue weighted by molar-refractivity contribution is -0.149. The predicted octanol–water partition coefficient (Wildman–Crippen LogP) is 6.27. The zero-order valence-corrected chi connectivity index (χ0v) is 28.1. The van der Waals surface area contributed by atoms with Crippen molar-refractivity contribution < 1.29 is 29.4 Å². The fourth-order valence-electron chi connectivity index (χ4n) is 8.35. The molecule has 4 aliphatic carbocycles. The Bertz CT molecular complexity index is 977. The Hall–Kier alpha value is -0.510. The molecule has 0 radical (unpaired) electrons. The number of aliphatic carboxylic acids is 2. The van der Waals surface area contributed by atoms with Gasteiger partial charge in [-0.3, -0.25) is 14.4 Å². The first-order chi connectivity index (χ1) is 20.4. The van der Waals surface area contributed by atoms with Crippen molar-refractivity contribution in [3.63, 3.8) is 0 Å². The summed E-state index contributed by atoms with van der Waals surface area (Å²) in [5, 5.41) is 20.7. The fourth-order valence-corrected chi connectivity index (χ4v) is 9.91. The van der Waals surface area contributed by atoms with Crippen LogP contribution in [0.2, 0.25) is 0 Å². The summed E-state index contributed by atoms with van der Waals surface area (Å²) in [5.41, 5.74) is 3.22. The number of nitrogens with one attached hydrogen (secondary N) is 2. The number of carboxylic acids is 2. The number of carbonyl (C=O) groups is 3. The Labute approximate surface area is 275 Å². The largest absolute Gasteiger partial charge is 0.481 e. The summed E-state index contributed by atoms with van der Waals surface area (Å²) in [5.74, 6) is -3.11. The minimum Gasteiger partial charge on any atom is -0.481 e. The maximum absolute atomic E-state index is 13.2. The number of alkyl halides is 4. The van der Waals surface area contributed by atoms with Crippen molar-refractivity contribution in [1.29, 1.82) is 0 Å². The van der Waals surface area contributed by atoms with E-state index in [1.54, 1.807) is 0 Å². The highest BCUT2D eigenvalue weighted by molar-refractivity contribution is 6.25. The molecule has 1 amide bonds. The van der Waals surface area contributed by atoms with Gasteiger partial charge >= 0.3 is 11.9 Å². The number of hydrogen-bond donors (Lipinski definition) is 4. The van der Waals surface area contributed by atoms with E-state index in [0.717, 1.165) is 44.9 Å². The van der Waals surface area contributed by atoms with Crippen LogP contribution in [0.5, 0.6) is 0 Å². The number of halogens is 4. The Kier molecular flexibility index (Phi) is 13.0. The number of hydrogen-bond acceptors (Lipinski definition) is 5. The van der Waals surface area contributed by atoms with E-state index in [0.29, 0.717) is 49.4 Å². The average molecular weight is 687 g/mol. The van der Waals surface area contributed by atoms with Crippen molar-refractivity contribution in [2.24, 2.45) is 47.3 Å². The first-order valence-corrected chi connectivity index (χ1v) is 17.8. The van der Waals surface area contributed by atoms with Gasteiger partial charge in [0.2, 0.25) is 5.91 Å². The maximum Gasteiger partial charge on any atom is 0.308 e. The molecule has 4 aliphatic rings. The molecule has 0 saturated heterocycles. The molecule has 14 atom stereocenters. The van der Waals surface area contributed by atoms with Gasteiger partial charge in [0.1, 0.15) is 0 Å². The van der Waals surface area contributed by atoms with Crippen LogP contribution in [0.1, 0.15) is 84.5 Å². The van der Waals surface area contributed by atoms with E-state index >= 15 is 0 Å². The van der Waals surface area contributed by atoms with Crippen LogP contribution in [0.15, 0.2) is 0 Å². The second-order valence-electron chi connectivity index (χ2n) is 13.8. The zero-order valence-electron chi connectivity index (χ0n) is 25.1. The van der Waals surface area contributed by atoms with Gasteiger partial charge in [0.25, 0.3) is 0 Å². The van der Waals surface area contributed by atoms with Gasteiger partial charge in [-0.2, -0.15) is 5.48 Å². The van der Waals surface area contributed by atoms with Crippen LogP contribution in [-0.4, -0.2) is 68.3 Å². The number of carboxylic acid groups (broad SMARTS) is 2. The quantitative estimate of drug-likeness (QED) is 0.158. The van der Waals surface area contributed by atoms with Crippen molar-refractivity contribution in [3.8, 4) is 0 Å². The molecule has 0 aromatic carbocycles. The molecule has 0 aliphatic heterocycles. The van der Waals surface area contributed by atoms with Gasteiger partial charge in [0, 0.05) is 39.5 Å². The Balaban J connectivity index is 1.19. The smallest absolute Gasteiger partial charge is 0.308 e. The molecule has 0 heterocycles. The Morgan fingerprint density at radius 2 is 1.16 bits per heavy atom. The minimum atomic E-state index is -1.06. The molecular weight excluding hydrogens is 638 g/mol. The van der Waals surface area contributed by atoms with E-state index in [1.165, 1.54) is 0 Å². The van der Waals surface area contributed by atoms with Crippen LogP contribution in [0.4, 0.5) is 0 Å². The number of rotatable bonds is 10. The van der Waals surface area contributed by atoms with Crippen molar-refractivity contribution in [1.82, 2.24) is 10.8 Å². The maximum atomic E-state index is 13.2. The van der Waals surface area contributed by atoms with Gasteiger partial charge in [-0.1, -0.05) is 13.8 Å². The first-order valence-electron chi connectivity index (χ1n) is 16.1. The zero-order chi connectivity index (χ0) is 31.4. The van der Waals surface area contributed by atoms with Crippen LogP contribution >= 0.6 is 46.4 Å². The Morgan fingerprint density at radius 1 is 0.674 bits per heavy atom. The third-order valence-electron chi connectivity index (χ3n) is 10.9. The molecule has 43 heavy (non-hydrogen) atoms. The molecule has 0 bridgehead atoms. The summed E-state index contributed by atoms with van der Waals surface area (Å²) < 4.78 is 0. The van der Waals surface area contributed by atoms with Crippen LogP contribution in [-0.2, 0) is 19.2 Å². The van der Waals surface area contributed by atoms with E-state index in [9.17, 15) is 24.6 Å². The van der Waals surface area contributed by atoms with Gasteiger partial charge < -0.3 is 20.4 Å². The van der Waals surface area contributed by atoms with Crippen LogP contribution in [0.25, 0.3) is 0 Å². The van der Waals surface area contributed by atoms with E-state index in [1.807, 2.05) is 0 Å². The van der Waals surface area contributed by atoms with E-state index in [-0.39, 0.29) is 35.9 Å². The third-order valence-corrected chi connectivity index (χ3v) is 12.9. The molecule has 4 rings (SSSR count). The lowest BCUT2D eigenvalue weighted by Gasteiger charge is -2.41. The highest BCUT2D eigenvalue weighted by atomic mass is 35.5. The highest BCUT2D eigenvalue weighted by Crippen LogP contribution is 2.41. The molecule has 14 unspecified atom stereocenters. The molecule has 0 aromatic rings. The van der Waals surface area contributed by atoms with Crippen LogP contribution < -0.4 is 10.8 Å². The molecule has 4 N–H and O–H groups in total. The SMILES string of the molecule is CC1CC(CC2CCC(NC(=O)C3C(Cl)CCC(Cl)C3C(=O)O)C(C)C2)CCC1NOCC1C(Cl)CCC(Cl)C1C(=O)O. The molecule has 246 valence electrons. The average Bonchev–Trinajstić information content (AvgIpc) is 2.93. The van der Waals surface area contributed by atoms with E-state index < -0.39 is 45.8 Å². The standard InChI is InChI=1S/C31H48Cl4N2O6/c1-15-11-17(3-9-24(15)36-29(38)27-22(34)7-8-23(35)28(27)31(41)42)13-18-4-10-25(16(2)12-18)37-43-14-19-20(32)5-6-21(33)26(19)30(39)40/h15-28,37H,3-14H2,1-2H3,(H,36,38)(H,39,40)(H,41,42). The third kappa shape index (κ3) is 8.85. The van der Waals surface area contributed by atoms with Crippen molar-refractivity contribution in [3.05, 3.63) is 0 Å². The minimum absolute atomic E-state index is 0.0142. The van der Waals surface area contributed by atoms with Crippen LogP contribution in [0.3, 0.4) is 0 Å². The second kappa shape index (κ2) is 15.9. The second-order valence-corrected chi connectivity index (χ2v) is 16.1. The Morgan fingerprint density at radius 3 is 1.70 bits per heavy atom. The molecule has 12 heteroatoms. The van der Waals surface area contributed by atoms with E-state index in [4.69, 9.17) is 51.2 Å². The lowest BCUT2D eigenvalue weighted by atomic mass is 9.70. The van der Waals surface area contributed by atoms with Gasteiger partial charge in [-0.15, -0.1) is 46.4 Å². The molecule has 0 spiro atoms. The summed E-state index contributed by atoms with van der Waals surface area (Å²) in [6, 6.07) is 0.224. The molecule has 4 saturated carbocycles. The van der Waals surface area contributed by atoms with E-state index in [2.05, 4.69) is 24.6 Å². The number of amides is 1. The number of hydroxylamine groups is 1. The van der Waals surface area contributed by atoms with Crippen LogP contribution in [0, 0.1) is 47.3 Å². The van der Waals surface area contributed by atoms with Gasteiger partial charge in [-0.05, 0) is 94.3 Å². The summed E-state index contributed by atoms with van der Waals surface area (Å²) in [6.45, 7) is 4.65. The van der Waals surface area contributed by atoms with Crippen molar-refractivity contribution in [2.45, 2.75) is 118 Å². The summed E-state index contributed by atoms with van der Waals surface area (Å²) in [6.07, 6.45) is 9.64. The first kappa shape index (κ1) is 35.3. The lowest BCUT2D eigenvalue weighted by Crippen LogP contribution is -2.53. The molecular formula is C31H48Cl4N2O6. The molecule has 4 fully saturated rings. The highest BCUT2D eigenvalue weighted by Gasteiger charge is 2.47.